The summed E-state index contributed by atoms with van der Waals surface area (Å²) in [6, 6.07) is 4.66. The van der Waals surface area contributed by atoms with Gasteiger partial charge in [-0.25, -0.2) is 4.98 Å². The fraction of sp³-hybridized carbons (Fsp3) is 0.500. The van der Waals surface area contributed by atoms with Gasteiger partial charge in [-0.05, 0) is 48.8 Å². The molecular weight excluding hydrogens is 252 g/mol. The number of aryl methyl sites for hydroxylation is 2. The van der Waals surface area contributed by atoms with Gasteiger partial charge in [0.15, 0.2) is 0 Å². The lowest BCUT2D eigenvalue weighted by Crippen LogP contribution is -2.12. The van der Waals surface area contributed by atoms with Crippen LogP contribution < -0.4 is 0 Å². The third-order valence-electron chi connectivity index (χ3n) is 4.00. The summed E-state index contributed by atoms with van der Waals surface area (Å²) in [5, 5.41) is 10.5. The zero-order chi connectivity index (χ0) is 13.4. The van der Waals surface area contributed by atoms with Crippen LogP contribution in [0.4, 0.5) is 0 Å². The monoisotopic (exact) mass is 270 g/mol. The van der Waals surface area contributed by atoms with Crippen molar-refractivity contribution in [3.63, 3.8) is 0 Å². The fourth-order valence-electron chi connectivity index (χ4n) is 2.96. The Hall–Kier alpha value is -1.40. The maximum atomic E-state index is 9.29. The van der Waals surface area contributed by atoms with Crippen LogP contribution in [-0.2, 0) is 19.3 Å². The Bertz CT molecular complexity index is 663. The molecule has 0 saturated carbocycles. The second-order valence-electron chi connectivity index (χ2n) is 5.57. The first-order valence-electron chi connectivity index (χ1n) is 7.07. The van der Waals surface area contributed by atoms with Crippen molar-refractivity contribution in [1.29, 1.82) is 5.26 Å². The molecule has 1 aliphatic rings. The highest BCUT2D eigenvalue weighted by Gasteiger charge is 2.20. The number of fused-ring (bicyclic) bond motifs is 2. The molecule has 0 amide bonds. The van der Waals surface area contributed by atoms with Gasteiger partial charge in [-0.1, -0.05) is 20.3 Å². The van der Waals surface area contributed by atoms with Gasteiger partial charge in [0, 0.05) is 11.1 Å². The number of aromatic nitrogens is 1. The number of thiophene rings is 1. The molecule has 2 aromatic rings. The Morgan fingerprint density at radius 1 is 1.53 bits per heavy atom. The molecule has 0 radical (unpaired) electrons. The Labute approximate surface area is 118 Å². The minimum atomic E-state index is 0.739. The third kappa shape index (κ3) is 2.15. The standard InChI is InChI=1S/C16H18N2S/c1-3-4-12-13-8-11-6-5-10(2)7-14(11)18-16(13)19-15(12)9-17/h8,10H,3-7H2,1-2H3. The summed E-state index contributed by atoms with van der Waals surface area (Å²) < 4.78 is 0. The molecule has 0 N–H and O–H groups in total. The molecule has 0 saturated heterocycles. The smallest absolute Gasteiger partial charge is 0.125 e. The van der Waals surface area contributed by atoms with Crippen LogP contribution in [0.25, 0.3) is 10.2 Å². The predicted octanol–water partition coefficient (Wildman–Crippen LogP) is 4.25. The van der Waals surface area contributed by atoms with Crippen molar-refractivity contribution in [3.8, 4) is 6.07 Å². The van der Waals surface area contributed by atoms with Crippen molar-refractivity contribution in [2.45, 2.75) is 46.0 Å². The summed E-state index contributed by atoms with van der Waals surface area (Å²) in [6.07, 6.45) is 5.56. The molecule has 1 aliphatic carbocycles. The number of nitrogens with zero attached hydrogens (tertiary/aromatic N) is 2. The van der Waals surface area contributed by atoms with Crippen LogP contribution in [-0.4, -0.2) is 4.98 Å². The van der Waals surface area contributed by atoms with E-state index in [2.05, 4.69) is 26.0 Å². The highest BCUT2D eigenvalue weighted by molar-refractivity contribution is 7.19. The van der Waals surface area contributed by atoms with Gasteiger partial charge >= 0.3 is 0 Å². The molecule has 3 heteroatoms. The maximum absolute atomic E-state index is 9.29. The molecule has 2 aromatic heterocycles. The first-order chi connectivity index (χ1) is 9.22. The van der Waals surface area contributed by atoms with Gasteiger partial charge in [0.05, 0.1) is 0 Å². The SMILES string of the molecule is CCCc1c(C#N)sc2nc3c(cc12)CCC(C)C3. The van der Waals surface area contributed by atoms with E-state index < -0.39 is 0 Å². The molecule has 0 aromatic carbocycles. The molecule has 19 heavy (non-hydrogen) atoms. The van der Waals surface area contributed by atoms with E-state index in [9.17, 15) is 5.26 Å². The number of rotatable bonds is 2. The molecule has 0 aliphatic heterocycles. The van der Waals surface area contributed by atoms with Crippen LogP contribution in [0.5, 0.6) is 0 Å². The Morgan fingerprint density at radius 2 is 2.37 bits per heavy atom. The van der Waals surface area contributed by atoms with Crippen molar-refractivity contribution in [2.24, 2.45) is 5.92 Å². The normalized spacial score (nSPS) is 18.3. The molecule has 2 nitrogen and oxygen atoms in total. The zero-order valence-electron chi connectivity index (χ0n) is 11.5. The van der Waals surface area contributed by atoms with Crippen LogP contribution in [0.3, 0.4) is 0 Å². The average molecular weight is 270 g/mol. The first kappa shape index (κ1) is 12.6. The summed E-state index contributed by atoms with van der Waals surface area (Å²) in [6.45, 7) is 4.46. The van der Waals surface area contributed by atoms with Gasteiger partial charge in [-0.2, -0.15) is 5.26 Å². The van der Waals surface area contributed by atoms with Crippen molar-refractivity contribution < 1.29 is 0 Å². The number of hydrogen-bond acceptors (Lipinski definition) is 3. The summed E-state index contributed by atoms with van der Waals surface area (Å²) in [4.78, 5) is 6.77. The predicted molar refractivity (Wildman–Crippen MR) is 79.5 cm³/mol. The highest BCUT2D eigenvalue weighted by atomic mass is 32.1. The van der Waals surface area contributed by atoms with Gasteiger partial charge < -0.3 is 0 Å². The zero-order valence-corrected chi connectivity index (χ0v) is 12.3. The van der Waals surface area contributed by atoms with Crippen molar-refractivity contribution in [2.75, 3.05) is 0 Å². The summed E-state index contributed by atoms with van der Waals surface area (Å²) in [5.41, 5.74) is 3.89. The molecular formula is C16H18N2S. The molecule has 0 fully saturated rings. The molecule has 2 heterocycles. The van der Waals surface area contributed by atoms with E-state index in [0.717, 1.165) is 41.3 Å². The van der Waals surface area contributed by atoms with Gasteiger partial charge in [0.1, 0.15) is 15.8 Å². The second kappa shape index (κ2) is 4.94. The molecule has 0 spiro atoms. The van der Waals surface area contributed by atoms with Crippen LogP contribution in [0.15, 0.2) is 6.07 Å². The first-order valence-corrected chi connectivity index (χ1v) is 7.88. The van der Waals surface area contributed by atoms with Crippen LogP contribution >= 0.6 is 11.3 Å². The van der Waals surface area contributed by atoms with Gasteiger partial charge in [-0.3, -0.25) is 0 Å². The molecule has 0 bridgehead atoms. The largest absolute Gasteiger partial charge is 0.242 e. The van der Waals surface area contributed by atoms with E-state index in [1.54, 1.807) is 11.3 Å². The molecule has 1 atom stereocenters. The Kier molecular flexibility index (Phi) is 3.28. The van der Waals surface area contributed by atoms with Crippen LogP contribution in [0, 0.1) is 17.2 Å². The van der Waals surface area contributed by atoms with Crippen LogP contribution in [0.1, 0.15) is 48.4 Å². The molecule has 98 valence electrons. The number of nitriles is 1. The van der Waals surface area contributed by atoms with E-state index in [4.69, 9.17) is 4.98 Å². The fourth-order valence-corrected chi connectivity index (χ4v) is 3.99. The molecule has 1 unspecified atom stereocenters. The topological polar surface area (TPSA) is 36.7 Å². The number of pyridine rings is 1. The van der Waals surface area contributed by atoms with Crippen molar-refractivity contribution in [3.05, 3.63) is 27.8 Å². The van der Waals surface area contributed by atoms with Crippen molar-refractivity contribution in [1.82, 2.24) is 4.98 Å². The van der Waals surface area contributed by atoms with E-state index in [-0.39, 0.29) is 0 Å². The minimum absolute atomic E-state index is 0.739. The Morgan fingerprint density at radius 3 is 3.11 bits per heavy atom. The lowest BCUT2D eigenvalue weighted by molar-refractivity contribution is 0.494. The second-order valence-corrected chi connectivity index (χ2v) is 6.57. The third-order valence-corrected chi connectivity index (χ3v) is 5.05. The summed E-state index contributed by atoms with van der Waals surface area (Å²) in [7, 11) is 0. The molecule has 3 rings (SSSR count). The summed E-state index contributed by atoms with van der Waals surface area (Å²) >= 11 is 1.57. The van der Waals surface area contributed by atoms with Gasteiger partial charge in [0.25, 0.3) is 0 Å². The number of hydrogen-bond donors (Lipinski definition) is 0. The highest BCUT2D eigenvalue weighted by Crippen LogP contribution is 2.34. The van der Waals surface area contributed by atoms with Crippen molar-refractivity contribution >= 4 is 21.6 Å². The van der Waals surface area contributed by atoms with Gasteiger partial charge in [0.2, 0.25) is 0 Å². The van der Waals surface area contributed by atoms with E-state index >= 15 is 0 Å². The quantitative estimate of drug-likeness (QED) is 0.818. The van der Waals surface area contributed by atoms with Crippen LogP contribution in [0.2, 0.25) is 0 Å². The van der Waals surface area contributed by atoms with E-state index in [0.29, 0.717) is 0 Å². The van der Waals surface area contributed by atoms with E-state index in [1.165, 1.54) is 28.6 Å². The summed E-state index contributed by atoms with van der Waals surface area (Å²) in [5.74, 6) is 0.739. The Balaban J connectivity index is 2.19. The van der Waals surface area contributed by atoms with E-state index in [1.807, 2.05) is 0 Å². The minimum Gasteiger partial charge on any atom is -0.242 e. The van der Waals surface area contributed by atoms with Gasteiger partial charge in [-0.15, -0.1) is 11.3 Å². The lowest BCUT2D eigenvalue weighted by atomic mass is 9.87. The lowest BCUT2D eigenvalue weighted by Gasteiger charge is -2.20. The maximum Gasteiger partial charge on any atom is 0.125 e. The average Bonchev–Trinajstić information content (AvgIpc) is 2.74.